The van der Waals surface area contributed by atoms with Crippen LogP contribution in [0.15, 0.2) is 29.3 Å². The van der Waals surface area contributed by atoms with Gasteiger partial charge in [0.2, 0.25) is 0 Å². The number of benzene rings is 1. The number of amidine groups is 1. The van der Waals surface area contributed by atoms with Gasteiger partial charge in [0.15, 0.2) is 5.17 Å². The highest BCUT2D eigenvalue weighted by atomic mass is 32.2. The summed E-state index contributed by atoms with van der Waals surface area (Å²) < 4.78 is 4.96. The Hall–Kier alpha value is -1.00. The first-order valence-electron chi connectivity index (χ1n) is 4.91. The van der Waals surface area contributed by atoms with Crippen molar-refractivity contribution in [2.24, 2.45) is 4.99 Å². The number of nitrogens with zero attached hydrogens (tertiary/aromatic N) is 1. The fourth-order valence-electron chi connectivity index (χ4n) is 1.39. The fraction of sp³-hybridized carbons (Fsp3) is 0.364. The van der Waals surface area contributed by atoms with E-state index in [4.69, 9.17) is 4.74 Å². The molecule has 0 unspecified atom stereocenters. The molecule has 0 bridgehead atoms. The fourth-order valence-corrected chi connectivity index (χ4v) is 2.30. The minimum atomic E-state index is 0.674. The maximum Gasteiger partial charge on any atom is 0.161 e. The smallest absolute Gasteiger partial charge is 0.161 e. The molecule has 1 N–H and O–H groups in total. The van der Waals surface area contributed by atoms with Crippen molar-refractivity contribution in [2.45, 2.75) is 5.75 Å². The first kappa shape index (κ1) is 10.5. The van der Waals surface area contributed by atoms with Crippen LogP contribution >= 0.6 is 11.8 Å². The first-order chi connectivity index (χ1) is 7.40. The van der Waals surface area contributed by atoms with Gasteiger partial charge in [-0.3, -0.25) is 4.99 Å². The Morgan fingerprint density at radius 3 is 3.20 bits per heavy atom. The third-order valence-corrected chi connectivity index (χ3v) is 3.13. The number of rotatable bonds is 3. The minimum absolute atomic E-state index is 0.674. The quantitative estimate of drug-likeness (QED) is 0.797. The lowest BCUT2D eigenvalue weighted by Crippen LogP contribution is -2.15. The molecule has 0 amide bonds. The lowest BCUT2D eigenvalue weighted by atomic mass is 10.2. The molecule has 0 saturated heterocycles. The van der Waals surface area contributed by atoms with Crippen LogP contribution in [0.2, 0.25) is 0 Å². The first-order valence-corrected chi connectivity index (χ1v) is 5.90. The number of aliphatic imine (C=N–C) groups is 1. The molecule has 0 saturated carbocycles. The standard InChI is InChI=1S/C11H14N2OS/c1-14-7-6-12-11-13-10-5-3-2-4-9(10)8-15-11/h2-5H,6-8H2,1H3,(H,12,13). The summed E-state index contributed by atoms with van der Waals surface area (Å²) in [6, 6.07) is 8.32. The van der Waals surface area contributed by atoms with Crippen LogP contribution in [0.3, 0.4) is 0 Å². The van der Waals surface area contributed by atoms with Crippen molar-refractivity contribution in [1.82, 2.24) is 0 Å². The Labute approximate surface area is 93.9 Å². The van der Waals surface area contributed by atoms with Gasteiger partial charge >= 0.3 is 0 Å². The second-order valence-electron chi connectivity index (χ2n) is 3.25. The van der Waals surface area contributed by atoms with E-state index in [9.17, 15) is 0 Å². The van der Waals surface area contributed by atoms with E-state index in [0.717, 1.165) is 10.9 Å². The van der Waals surface area contributed by atoms with E-state index in [2.05, 4.69) is 28.5 Å². The van der Waals surface area contributed by atoms with Crippen LogP contribution in [0, 0.1) is 0 Å². The Morgan fingerprint density at radius 1 is 1.47 bits per heavy atom. The van der Waals surface area contributed by atoms with Gasteiger partial charge in [-0.05, 0) is 11.6 Å². The van der Waals surface area contributed by atoms with Crippen molar-refractivity contribution in [3.05, 3.63) is 29.8 Å². The molecule has 0 fully saturated rings. The zero-order chi connectivity index (χ0) is 10.5. The number of fused-ring (bicyclic) bond motifs is 1. The molecule has 2 rings (SSSR count). The Morgan fingerprint density at radius 2 is 2.33 bits per heavy atom. The zero-order valence-corrected chi connectivity index (χ0v) is 9.51. The summed E-state index contributed by atoms with van der Waals surface area (Å²) in [7, 11) is 1.69. The van der Waals surface area contributed by atoms with Gasteiger partial charge in [-0.25, -0.2) is 0 Å². The molecule has 80 valence electrons. The van der Waals surface area contributed by atoms with Gasteiger partial charge in [0.1, 0.15) is 0 Å². The van der Waals surface area contributed by atoms with Gasteiger partial charge in [0.25, 0.3) is 0 Å². The number of hydrogen-bond acceptors (Lipinski definition) is 3. The van der Waals surface area contributed by atoms with Crippen LogP contribution in [-0.4, -0.2) is 25.4 Å². The van der Waals surface area contributed by atoms with Gasteiger partial charge in [-0.1, -0.05) is 30.0 Å². The van der Waals surface area contributed by atoms with Crippen LogP contribution in [-0.2, 0) is 10.5 Å². The molecule has 3 nitrogen and oxygen atoms in total. The summed E-state index contributed by atoms with van der Waals surface area (Å²) in [5.41, 5.74) is 2.51. The molecule has 1 aromatic carbocycles. The van der Waals surface area contributed by atoms with Crippen molar-refractivity contribution in [2.75, 3.05) is 25.6 Å². The molecular weight excluding hydrogens is 208 g/mol. The number of hydrogen-bond donors (Lipinski definition) is 1. The van der Waals surface area contributed by atoms with E-state index in [1.54, 1.807) is 18.9 Å². The predicted molar refractivity (Wildman–Crippen MR) is 65.5 cm³/mol. The molecule has 0 aliphatic carbocycles. The van der Waals surface area contributed by atoms with Crippen LogP contribution in [0.1, 0.15) is 5.56 Å². The molecule has 0 spiro atoms. The maximum atomic E-state index is 4.96. The van der Waals surface area contributed by atoms with E-state index in [1.807, 2.05) is 6.07 Å². The summed E-state index contributed by atoms with van der Waals surface area (Å²) in [6.45, 7) is 1.39. The Bertz CT molecular complexity index is 365. The van der Waals surface area contributed by atoms with Crippen molar-refractivity contribution in [1.29, 1.82) is 0 Å². The van der Waals surface area contributed by atoms with Gasteiger partial charge < -0.3 is 10.1 Å². The van der Waals surface area contributed by atoms with Crippen molar-refractivity contribution in [3.63, 3.8) is 0 Å². The molecule has 1 heterocycles. The Balaban J connectivity index is 2.02. The van der Waals surface area contributed by atoms with Crippen LogP contribution in [0.25, 0.3) is 0 Å². The molecule has 15 heavy (non-hydrogen) atoms. The van der Waals surface area contributed by atoms with Gasteiger partial charge in [0, 0.05) is 18.6 Å². The van der Waals surface area contributed by atoms with Crippen molar-refractivity contribution < 1.29 is 4.74 Å². The second kappa shape index (κ2) is 5.19. The summed E-state index contributed by atoms with van der Waals surface area (Å²) in [5, 5.41) is 4.30. The maximum absolute atomic E-state index is 4.96. The number of anilines is 1. The topological polar surface area (TPSA) is 33.6 Å². The van der Waals surface area contributed by atoms with Crippen LogP contribution in [0.4, 0.5) is 5.69 Å². The molecule has 1 aliphatic rings. The highest BCUT2D eigenvalue weighted by Crippen LogP contribution is 2.27. The summed E-state index contributed by atoms with van der Waals surface area (Å²) in [5.74, 6) is 0.995. The molecule has 4 heteroatoms. The SMILES string of the molecule is COCCN=C1Nc2ccccc2CS1. The van der Waals surface area contributed by atoms with Crippen LogP contribution in [0.5, 0.6) is 0 Å². The average Bonchev–Trinajstić information content (AvgIpc) is 2.29. The van der Waals surface area contributed by atoms with Crippen molar-refractivity contribution in [3.8, 4) is 0 Å². The largest absolute Gasteiger partial charge is 0.383 e. The molecule has 1 aliphatic heterocycles. The van der Waals surface area contributed by atoms with E-state index in [-0.39, 0.29) is 0 Å². The van der Waals surface area contributed by atoms with Crippen molar-refractivity contribution >= 4 is 22.6 Å². The highest BCUT2D eigenvalue weighted by Gasteiger charge is 2.12. The third-order valence-electron chi connectivity index (χ3n) is 2.17. The Kier molecular flexibility index (Phi) is 3.64. The average molecular weight is 222 g/mol. The zero-order valence-electron chi connectivity index (χ0n) is 8.69. The number of methoxy groups -OCH3 is 1. The van der Waals surface area contributed by atoms with E-state index >= 15 is 0 Å². The highest BCUT2D eigenvalue weighted by molar-refractivity contribution is 8.13. The lowest BCUT2D eigenvalue weighted by molar-refractivity contribution is 0.208. The molecule has 0 atom stereocenters. The van der Waals surface area contributed by atoms with Crippen LogP contribution < -0.4 is 5.32 Å². The van der Waals surface area contributed by atoms with Gasteiger partial charge in [0.05, 0.1) is 13.2 Å². The monoisotopic (exact) mass is 222 g/mol. The molecule has 0 radical (unpaired) electrons. The number of ether oxygens (including phenoxy) is 1. The summed E-state index contributed by atoms with van der Waals surface area (Å²) >= 11 is 1.74. The van der Waals surface area contributed by atoms with E-state index < -0.39 is 0 Å². The molecule has 1 aromatic rings. The number of para-hydroxylation sites is 1. The van der Waals surface area contributed by atoms with E-state index in [1.165, 1.54) is 11.3 Å². The lowest BCUT2D eigenvalue weighted by Gasteiger charge is -2.18. The molecular formula is C11H14N2OS. The normalized spacial score (nSPS) is 17.3. The number of nitrogens with one attached hydrogen (secondary N) is 1. The van der Waals surface area contributed by atoms with E-state index in [0.29, 0.717) is 13.2 Å². The minimum Gasteiger partial charge on any atom is -0.383 e. The number of thioether (sulfide) groups is 1. The second-order valence-corrected chi connectivity index (χ2v) is 4.21. The van der Waals surface area contributed by atoms with Gasteiger partial charge in [-0.15, -0.1) is 0 Å². The molecule has 0 aromatic heterocycles. The summed E-state index contributed by atoms with van der Waals surface area (Å²) in [6.07, 6.45) is 0. The third kappa shape index (κ3) is 2.73. The predicted octanol–water partition coefficient (Wildman–Crippen LogP) is 2.35. The van der Waals surface area contributed by atoms with Gasteiger partial charge in [-0.2, -0.15) is 0 Å². The summed E-state index contributed by atoms with van der Waals surface area (Å²) in [4.78, 5) is 4.42.